The lowest BCUT2D eigenvalue weighted by atomic mass is 10.2. The zero-order chi connectivity index (χ0) is 10.6. The van der Waals surface area contributed by atoms with Crippen molar-refractivity contribution in [1.29, 1.82) is 5.26 Å². The molecule has 0 amide bonds. The summed E-state index contributed by atoms with van der Waals surface area (Å²) in [5.74, 6) is 0.784. The summed E-state index contributed by atoms with van der Waals surface area (Å²) in [6.07, 6.45) is 5.51. The molecule has 0 aliphatic heterocycles. The summed E-state index contributed by atoms with van der Waals surface area (Å²) < 4.78 is 0. The van der Waals surface area contributed by atoms with Gasteiger partial charge < -0.3 is 4.90 Å². The highest BCUT2D eigenvalue weighted by Crippen LogP contribution is 2.03. The molecule has 82 valence electrons. The van der Waals surface area contributed by atoms with Crippen LogP contribution in [0.4, 0.5) is 0 Å². The molecule has 0 heterocycles. The molecule has 0 rings (SSSR count). The summed E-state index contributed by atoms with van der Waals surface area (Å²) in [5.41, 5.74) is 0. The first-order chi connectivity index (χ1) is 6.85. The predicted molar refractivity (Wildman–Crippen MR) is 61.5 cm³/mol. The van der Waals surface area contributed by atoms with Crippen LogP contribution in [-0.4, -0.2) is 30.4 Å². The van der Waals surface area contributed by atoms with Crippen molar-refractivity contribution >= 4 is 11.6 Å². The van der Waals surface area contributed by atoms with Crippen LogP contribution < -0.4 is 0 Å². The monoisotopic (exact) mass is 216 g/mol. The lowest BCUT2D eigenvalue weighted by Crippen LogP contribution is -2.25. The second-order valence-corrected chi connectivity index (χ2v) is 3.82. The highest BCUT2D eigenvalue weighted by Gasteiger charge is 2.00. The summed E-state index contributed by atoms with van der Waals surface area (Å²) in [5, 5.41) is 8.46. The van der Waals surface area contributed by atoms with E-state index in [2.05, 4.69) is 17.9 Å². The molecule has 0 aromatic rings. The average molecular weight is 217 g/mol. The van der Waals surface area contributed by atoms with Gasteiger partial charge in [-0.2, -0.15) is 5.26 Å². The van der Waals surface area contributed by atoms with E-state index in [1.807, 2.05) is 0 Å². The largest absolute Gasteiger partial charge is 0.303 e. The van der Waals surface area contributed by atoms with Crippen LogP contribution in [0.25, 0.3) is 0 Å². The molecule has 0 aliphatic carbocycles. The Kier molecular flexibility index (Phi) is 10.6. The van der Waals surface area contributed by atoms with Crippen LogP contribution in [0, 0.1) is 11.3 Å². The number of rotatable bonds is 9. The molecule has 0 aliphatic rings. The van der Waals surface area contributed by atoms with Gasteiger partial charge >= 0.3 is 0 Å². The number of unbranched alkanes of at least 4 members (excludes halogenated alkanes) is 3. The number of nitrogens with zero attached hydrogens (tertiary/aromatic N) is 2. The van der Waals surface area contributed by atoms with Crippen molar-refractivity contribution in [3.8, 4) is 6.07 Å². The Morgan fingerprint density at radius 2 is 1.86 bits per heavy atom. The normalized spacial score (nSPS) is 10.4. The Labute approximate surface area is 92.8 Å². The van der Waals surface area contributed by atoms with Crippen LogP contribution in [0.5, 0.6) is 0 Å². The van der Waals surface area contributed by atoms with Crippen molar-refractivity contribution in [2.75, 3.05) is 25.5 Å². The van der Waals surface area contributed by atoms with E-state index in [9.17, 15) is 0 Å². The van der Waals surface area contributed by atoms with Gasteiger partial charge in [0, 0.05) is 18.8 Å². The third kappa shape index (κ3) is 8.34. The average Bonchev–Trinajstić information content (AvgIpc) is 2.22. The minimum Gasteiger partial charge on any atom is -0.303 e. The van der Waals surface area contributed by atoms with E-state index in [-0.39, 0.29) is 0 Å². The number of alkyl halides is 1. The van der Waals surface area contributed by atoms with Gasteiger partial charge in [-0.1, -0.05) is 19.8 Å². The molecule has 2 nitrogen and oxygen atoms in total. The number of halogens is 1. The summed E-state index contributed by atoms with van der Waals surface area (Å²) in [6.45, 7) is 5.25. The maximum absolute atomic E-state index is 8.46. The van der Waals surface area contributed by atoms with Gasteiger partial charge in [-0.25, -0.2) is 0 Å². The molecule has 0 saturated carbocycles. The minimum atomic E-state index is 0.648. The number of hydrogen-bond donors (Lipinski definition) is 0. The maximum atomic E-state index is 8.46. The van der Waals surface area contributed by atoms with Crippen molar-refractivity contribution < 1.29 is 0 Å². The van der Waals surface area contributed by atoms with Crippen LogP contribution in [0.2, 0.25) is 0 Å². The second-order valence-electron chi connectivity index (χ2n) is 3.45. The summed E-state index contributed by atoms with van der Waals surface area (Å²) >= 11 is 5.59. The van der Waals surface area contributed by atoms with E-state index in [0.717, 1.165) is 31.9 Å². The fourth-order valence-electron chi connectivity index (χ4n) is 1.42. The molecule has 0 aromatic carbocycles. The van der Waals surface area contributed by atoms with Gasteiger partial charge in [0.25, 0.3) is 0 Å². The quantitative estimate of drug-likeness (QED) is 0.438. The van der Waals surface area contributed by atoms with E-state index in [1.165, 1.54) is 19.3 Å². The number of hydrogen-bond acceptors (Lipinski definition) is 2. The molecule has 0 fully saturated rings. The van der Waals surface area contributed by atoms with E-state index >= 15 is 0 Å². The van der Waals surface area contributed by atoms with Crippen molar-refractivity contribution in [3.05, 3.63) is 0 Å². The SMILES string of the molecule is CCN(CCC#N)CCCCCCCl. The highest BCUT2D eigenvalue weighted by molar-refractivity contribution is 6.17. The van der Waals surface area contributed by atoms with Crippen molar-refractivity contribution in [1.82, 2.24) is 4.90 Å². The van der Waals surface area contributed by atoms with Crippen LogP contribution in [0.3, 0.4) is 0 Å². The Morgan fingerprint density at radius 3 is 2.43 bits per heavy atom. The van der Waals surface area contributed by atoms with E-state index < -0.39 is 0 Å². The first kappa shape index (κ1) is 13.7. The highest BCUT2D eigenvalue weighted by atomic mass is 35.5. The molecular weight excluding hydrogens is 196 g/mol. The fraction of sp³-hybridized carbons (Fsp3) is 0.909. The third-order valence-corrected chi connectivity index (χ3v) is 2.61. The molecule has 3 heteroatoms. The summed E-state index contributed by atoms with van der Waals surface area (Å²) in [4.78, 5) is 2.34. The van der Waals surface area contributed by atoms with Crippen molar-refractivity contribution in [2.24, 2.45) is 0 Å². The predicted octanol–water partition coefficient (Wildman–Crippen LogP) is 3.02. The molecule has 0 spiro atoms. The van der Waals surface area contributed by atoms with Crippen LogP contribution >= 0.6 is 11.6 Å². The van der Waals surface area contributed by atoms with Gasteiger partial charge in [0.15, 0.2) is 0 Å². The Balaban J connectivity index is 3.29. The molecule has 0 unspecified atom stereocenters. The Bertz CT molecular complexity index is 154. The van der Waals surface area contributed by atoms with Gasteiger partial charge in [0.2, 0.25) is 0 Å². The van der Waals surface area contributed by atoms with Gasteiger partial charge in [0.05, 0.1) is 6.07 Å². The van der Waals surface area contributed by atoms with E-state index in [0.29, 0.717) is 6.42 Å². The fourth-order valence-corrected chi connectivity index (χ4v) is 1.61. The standard InChI is InChI=1S/C11H21ClN2/c1-2-14(11-7-9-13)10-6-4-3-5-8-12/h2-8,10-11H2,1H3. The lowest BCUT2D eigenvalue weighted by molar-refractivity contribution is 0.287. The van der Waals surface area contributed by atoms with Crippen LogP contribution in [0.1, 0.15) is 39.0 Å². The van der Waals surface area contributed by atoms with Crippen molar-refractivity contribution in [3.63, 3.8) is 0 Å². The molecular formula is C11H21ClN2. The molecule has 0 saturated heterocycles. The Hall–Kier alpha value is -0.260. The second kappa shape index (κ2) is 10.8. The van der Waals surface area contributed by atoms with Crippen LogP contribution in [-0.2, 0) is 0 Å². The topological polar surface area (TPSA) is 27.0 Å². The molecule has 0 N–H and O–H groups in total. The zero-order valence-electron chi connectivity index (χ0n) is 9.14. The van der Waals surface area contributed by atoms with Crippen molar-refractivity contribution in [2.45, 2.75) is 39.0 Å². The number of nitriles is 1. The Morgan fingerprint density at radius 1 is 1.14 bits per heavy atom. The van der Waals surface area contributed by atoms with Gasteiger partial charge in [-0.15, -0.1) is 11.6 Å². The summed E-state index contributed by atoms with van der Waals surface area (Å²) in [7, 11) is 0. The molecule has 0 atom stereocenters. The zero-order valence-corrected chi connectivity index (χ0v) is 9.89. The maximum Gasteiger partial charge on any atom is 0.0635 e. The third-order valence-electron chi connectivity index (χ3n) is 2.35. The molecule has 0 radical (unpaired) electrons. The summed E-state index contributed by atoms with van der Waals surface area (Å²) in [6, 6.07) is 2.18. The first-order valence-electron chi connectivity index (χ1n) is 5.50. The van der Waals surface area contributed by atoms with E-state index in [1.54, 1.807) is 0 Å². The smallest absolute Gasteiger partial charge is 0.0635 e. The first-order valence-corrected chi connectivity index (χ1v) is 6.03. The minimum absolute atomic E-state index is 0.648. The molecule has 0 aromatic heterocycles. The van der Waals surface area contributed by atoms with Gasteiger partial charge in [-0.05, 0) is 25.9 Å². The van der Waals surface area contributed by atoms with E-state index in [4.69, 9.17) is 16.9 Å². The molecule has 14 heavy (non-hydrogen) atoms. The van der Waals surface area contributed by atoms with Crippen LogP contribution in [0.15, 0.2) is 0 Å². The lowest BCUT2D eigenvalue weighted by Gasteiger charge is -2.18. The van der Waals surface area contributed by atoms with Gasteiger partial charge in [0.1, 0.15) is 0 Å². The molecule has 0 bridgehead atoms. The van der Waals surface area contributed by atoms with Gasteiger partial charge in [-0.3, -0.25) is 0 Å².